The number of likely N-dealkylation sites (tertiary alicyclic amines) is 1. The number of aliphatic hydroxyl groups is 2. The van der Waals surface area contributed by atoms with Gasteiger partial charge in [-0.3, -0.25) is 9.69 Å². The van der Waals surface area contributed by atoms with Crippen LogP contribution in [0.3, 0.4) is 0 Å². The van der Waals surface area contributed by atoms with E-state index in [1.54, 1.807) is 0 Å². The van der Waals surface area contributed by atoms with E-state index in [1.807, 2.05) is 4.90 Å². The van der Waals surface area contributed by atoms with Crippen molar-refractivity contribution in [1.82, 2.24) is 4.90 Å². The van der Waals surface area contributed by atoms with Crippen LogP contribution in [0.5, 0.6) is 0 Å². The number of nitrogens with zero attached hydrogens (tertiary/aromatic N) is 1. The second kappa shape index (κ2) is 5.29. The minimum Gasteiger partial charge on any atom is -0.468 e. The van der Waals surface area contributed by atoms with Crippen molar-refractivity contribution in [1.29, 1.82) is 0 Å². The van der Waals surface area contributed by atoms with Crippen LogP contribution in [0.2, 0.25) is 0 Å². The number of β-amino-alcohol motifs (C(OH)–C–C–N with tert-alkyl or cyclic N) is 1. The zero-order valence-corrected chi connectivity index (χ0v) is 8.35. The lowest BCUT2D eigenvalue weighted by Crippen LogP contribution is -2.37. The minimum absolute atomic E-state index is 0.0977. The van der Waals surface area contributed by atoms with Gasteiger partial charge in [0.2, 0.25) is 0 Å². The number of carbonyl (C=O) groups is 1. The van der Waals surface area contributed by atoms with Gasteiger partial charge in [-0.2, -0.15) is 0 Å². The molecule has 0 saturated carbocycles. The first-order valence-electron chi connectivity index (χ1n) is 4.79. The Labute approximate surface area is 83.3 Å². The maximum Gasteiger partial charge on any atom is 0.323 e. The van der Waals surface area contributed by atoms with Gasteiger partial charge in [0.05, 0.1) is 13.2 Å². The molecule has 1 saturated heterocycles. The van der Waals surface area contributed by atoms with Gasteiger partial charge < -0.3 is 14.9 Å². The third kappa shape index (κ3) is 2.67. The molecule has 2 N–H and O–H groups in total. The molecule has 5 nitrogen and oxygen atoms in total. The molecule has 0 aromatic carbocycles. The molecule has 2 atom stereocenters. The van der Waals surface area contributed by atoms with E-state index in [9.17, 15) is 9.90 Å². The van der Waals surface area contributed by atoms with Gasteiger partial charge in [-0.15, -0.1) is 0 Å². The van der Waals surface area contributed by atoms with E-state index in [-0.39, 0.29) is 18.6 Å². The first-order valence-corrected chi connectivity index (χ1v) is 4.79. The van der Waals surface area contributed by atoms with Gasteiger partial charge in [-0.05, 0) is 6.42 Å². The van der Waals surface area contributed by atoms with Gasteiger partial charge in [-0.25, -0.2) is 0 Å². The zero-order valence-electron chi connectivity index (χ0n) is 8.35. The molecule has 82 valence electrons. The lowest BCUT2D eigenvalue weighted by Gasteiger charge is -2.21. The van der Waals surface area contributed by atoms with Crippen LogP contribution in [0, 0.1) is 0 Å². The van der Waals surface area contributed by atoms with Crippen molar-refractivity contribution in [3.8, 4) is 0 Å². The molecular formula is C9H17NO4. The number of rotatable bonds is 4. The third-order valence-corrected chi connectivity index (χ3v) is 2.46. The van der Waals surface area contributed by atoms with Gasteiger partial charge in [0.1, 0.15) is 6.04 Å². The van der Waals surface area contributed by atoms with Gasteiger partial charge in [0.25, 0.3) is 0 Å². The highest BCUT2D eigenvalue weighted by atomic mass is 16.5. The summed E-state index contributed by atoms with van der Waals surface area (Å²) in [5, 5.41) is 18.1. The van der Waals surface area contributed by atoms with Crippen molar-refractivity contribution < 1.29 is 19.7 Å². The predicted molar refractivity (Wildman–Crippen MR) is 49.7 cm³/mol. The Bertz CT molecular complexity index is 197. The lowest BCUT2D eigenvalue weighted by atomic mass is 10.2. The Morgan fingerprint density at radius 3 is 2.93 bits per heavy atom. The average Bonchev–Trinajstić information content (AvgIpc) is 2.55. The van der Waals surface area contributed by atoms with Crippen LogP contribution in [0.1, 0.15) is 12.8 Å². The summed E-state index contributed by atoms with van der Waals surface area (Å²) in [6, 6.07) is -0.346. The van der Waals surface area contributed by atoms with Crippen molar-refractivity contribution in [2.45, 2.75) is 25.0 Å². The molecule has 1 aliphatic rings. The SMILES string of the molecule is COC(=O)C1CC(O)CN1CCCO. The van der Waals surface area contributed by atoms with Gasteiger partial charge >= 0.3 is 5.97 Å². The summed E-state index contributed by atoms with van der Waals surface area (Å²) in [7, 11) is 1.34. The van der Waals surface area contributed by atoms with E-state index in [2.05, 4.69) is 4.74 Å². The van der Waals surface area contributed by atoms with Crippen molar-refractivity contribution in [3.63, 3.8) is 0 Å². The molecule has 0 amide bonds. The molecule has 0 aliphatic carbocycles. The molecule has 1 fully saturated rings. The number of aliphatic hydroxyl groups excluding tert-OH is 2. The minimum atomic E-state index is -0.460. The smallest absolute Gasteiger partial charge is 0.323 e. The summed E-state index contributed by atoms with van der Waals surface area (Å²) < 4.78 is 4.64. The highest BCUT2D eigenvalue weighted by molar-refractivity contribution is 5.76. The van der Waals surface area contributed by atoms with Crippen molar-refractivity contribution in [3.05, 3.63) is 0 Å². The fourth-order valence-corrected chi connectivity index (χ4v) is 1.78. The second-order valence-electron chi connectivity index (χ2n) is 3.50. The molecule has 2 unspecified atom stereocenters. The maximum atomic E-state index is 11.3. The number of hydrogen-bond donors (Lipinski definition) is 2. The predicted octanol–water partition coefficient (Wildman–Crippen LogP) is -1.02. The second-order valence-corrected chi connectivity index (χ2v) is 3.50. The van der Waals surface area contributed by atoms with E-state index in [0.717, 1.165) is 0 Å². The van der Waals surface area contributed by atoms with Crippen LogP contribution in [-0.2, 0) is 9.53 Å². The Hall–Kier alpha value is -0.650. The fraction of sp³-hybridized carbons (Fsp3) is 0.889. The van der Waals surface area contributed by atoms with Crippen LogP contribution in [0.4, 0.5) is 0 Å². The Balaban J connectivity index is 2.49. The van der Waals surface area contributed by atoms with E-state index < -0.39 is 6.10 Å². The lowest BCUT2D eigenvalue weighted by molar-refractivity contribution is -0.145. The average molecular weight is 203 g/mol. The monoisotopic (exact) mass is 203 g/mol. The standard InChI is InChI=1S/C9H17NO4/c1-14-9(13)8-5-7(12)6-10(8)3-2-4-11/h7-8,11-12H,2-6H2,1H3. The Kier molecular flexibility index (Phi) is 4.31. The van der Waals surface area contributed by atoms with Gasteiger partial charge in [0.15, 0.2) is 0 Å². The number of esters is 1. The first-order chi connectivity index (χ1) is 6.69. The topological polar surface area (TPSA) is 70.0 Å². The number of hydrogen-bond acceptors (Lipinski definition) is 5. The molecular weight excluding hydrogens is 186 g/mol. The van der Waals surface area contributed by atoms with E-state index in [0.29, 0.717) is 25.9 Å². The summed E-state index contributed by atoms with van der Waals surface area (Å²) in [6.45, 7) is 1.20. The Morgan fingerprint density at radius 1 is 1.64 bits per heavy atom. The molecule has 0 bridgehead atoms. The summed E-state index contributed by atoms with van der Waals surface area (Å²) in [6.07, 6.45) is 0.580. The van der Waals surface area contributed by atoms with Crippen LogP contribution in [0.25, 0.3) is 0 Å². The maximum absolute atomic E-state index is 11.3. The number of ether oxygens (including phenoxy) is 1. The molecule has 1 heterocycles. The van der Waals surface area contributed by atoms with Crippen molar-refractivity contribution in [2.24, 2.45) is 0 Å². The summed E-state index contributed by atoms with van der Waals surface area (Å²) in [5.74, 6) is -0.306. The molecule has 5 heteroatoms. The van der Waals surface area contributed by atoms with Gasteiger partial charge in [-0.1, -0.05) is 0 Å². The van der Waals surface area contributed by atoms with Crippen LogP contribution in [0.15, 0.2) is 0 Å². The fourth-order valence-electron chi connectivity index (χ4n) is 1.78. The van der Waals surface area contributed by atoms with Crippen LogP contribution < -0.4 is 0 Å². The molecule has 0 spiro atoms. The van der Waals surface area contributed by atoms with Crippen LogP contribution >= 0.6 is 0 Å². The van der Waals surface area contributed by atoms with E-state index in [1.165, 1.54) is 7.11 Å². The quantitative estimate of drug-likeness (QED) is 0.572. The normalized spacial score (nSPS) is 27.9. The summed E-state index contributed by atoms with van der Waals surface area (Å²) in [5.41, 5.74) is 0. The molecule has 0 radical (unpaired) electrons. The zero-order chi connectivity index (χ0) is 10.6. The summed E-state index contributed by atoms with van der Waals surface area (Å²) in [4.78, 5) is 13.1. The summed E-state index contributed by atoms with van der Waals surface area (Å²) >= 11 is 0. The molecule has 14 heavy (non-hydrogen) atoms. The first kappa shape index (κ1) is 11.4. The molecule has 0 aromatic heterocycles. The highest BCUT2D eigenvalue weighted by Crippen LogP contribution is 2.18. The van der Waals surface area contributed by atoms with Crippen molar-refractivity contribution >= 4 is 5.97 Å². The largest absolute Gasteiger partial charge is 0.468 e. The molecule has 1 aliphatic heterocycles. The van der Waals surface area contributed by atoms with E-state index >= 15 is 0 Å². The molecule has 0 aromatic rings. The van der Waals surface area contributed by atoms with Gasteiger partial charge in [0, 0.05) is 26.1 Å². The van der Waals surface area contributed by atoms with Crippen LogP contribution in [-0.4, -0.2) is 60.0 Å². The molecule has 1 rings (SSSR count). The van der Waals surface area contributed by atoms with E-state index in [4.69, 9.17) is 5.11 Å². The highest BCUT2D eigenvalue weighted by Gasteiger charge is 2.35. The Morgan fingerprint density at radius 2 is 2.36 bits per heavy atom. The van der Waals surface area contributed by atoms with Crippen molar-refractivity contribution in [2.75, 3.05) is 26.8 Å². The number of carbonyl (C=O) groups excluding carboxylic acids is 1. The third-order valence-electron chi connectivity index (χ3n) is 2.46. The number of methoxy groups -OCH3 is 1.